The number of rotatable bonds is 4. The van der Waals surface area contributed by atoms with E-state index in [2.05, 4.69) is 21.3 Å². The molecule has 2 aromatic carbocycles. The van der Waals surface area contributed by atoms with Crippen LogP contribution in [0.3, 0.4) is 0 Å². The molecule has 1 saturated heterocycles. The van der Waals surface area contributed by atoms with Crippen LogP contribution >= 0.6 is 0 Å². The van der Waals surface area contributed by atoms with Gasteiger partial charge in [0.2, 0.25) is 0 Å². The Morgan fingerprint density at radius 2 is 1.74 bits per heavy atom. The lowest BCUT2D eigenvalue weighted by atomic mass is 9.99. The lowest BCUT2D eigenvalue weighted by Crippen LogP contribution is -2.50. The average molecular weight is 457 g/mol. The van der Waals surface area contributed by atoms with Crippen LogP contribution in [0.5, 0.6) is 5.75 Å². The molecule has 0 radical (unpaired) electrons. The third-order valence-corrected chi connectivity index (χ3v) is 6.85. The highest BCUT2D eigenvalue weighted by atomic mass is 16.3. The summed E-state index contributed by atoms with van der Waals surface area (Å²) in [5.74, 6) is 0.946. The number of piperidine rings is 1. The second-order valence-corrected chi connectivity index (χ2v) is 9.13. The van der Waals surface area contributed by atoms with Crippen LogP contribution < -0.4 is 10.2 Å². The molecule has 7 nitrogen and oxygen atoms in total. The zero-order valence-electron chi connectivity index (χ0n) is 19.4. The van der Waals surface area contributed by atoms with E-state index in [0.29, 0.717) is 28.8 Å². The van der Waals surface area contributed by atoms with E-state index >= 15 is 0 Å². The number of urea groups is 1. The predicted molar refractivity (Wildman–Crippen MR) is 131 cm³/mol. The van der Waals surface area contributed by atoms with Crippen LogP contribution in [-0.2, 0) is 6.54 Å². The Bertz CT molecular complexity index is 1220. The molecular formula is C27H28N4O3. The quantitative estimate of drug-likeness (QED) is 0.558. The number of benzene rings is 2. The molecule has 0 atom stereocenters. The van der Waals surface area contributed by atoms with Gasteiger partial charge in [-0.25, -0.2) is 9.78 Å². The highest BCUT2D eigenvalue weighted by Crippen LogP contribution is 2.29. The number of fused-ring (bicyclic) bond motifs is 1. The molecule has 7 heteroatoms. The van der Waals surface area contributed by atoms with Gasteiger partial charge in [0, 0.05) is 48.7 Å². The second kappa shape index (κ2) is 8.82. The number of aromatic nitrogens is 1. The summed E-state index contributed by atoms with van der Waals surface area (Å²) in [4.78, 5) is 34.2. The van der Waals surface area contributed by atoms with Crippen molar-refractivity contribution in [2.75, 3.05) is 23.3 Å². The van der Waals surface area contributed by atoms with Crippen molar-refractivity contribution in [1.82, 2.24) is 9.88 Å². The van der Waals surface area contributed by atoms with E-state index in [1.807, 2.05) is 35.2 Å². The number of carbonyl (C=O) groups is 2. The fourth-order valence-electron chi connectivity index (χ4n) is 4.89. The number of nitrogens with one attached hydrogen (secondary N) is 1. The number of aromatic hydroxyl groups is 1. The van der Waals surface area contributed by atoms with Crippen LogP contribution in [0.1, 0.15) is 45.5 Å². The van der Waals surface area contributed by atoms with E-state index in [0.717, 1.165) is 43.0 Å². The molecule has 1 fully saturated rings. The highest BCUT2D eigenvalue weighted by molar-refractivity contribution is 6.09. The van der Waals surface area contributed by atoms with E-state index in [-0.39, 0.29) is 23.6 Å². The van der Waals surface area contributed by atoms with Crippen molar-refractivity contribution in [3.8, 4) is 5.75 Å². The van der Waals surface area contributed by atoms with Gasteiger partial charge in [-0.15, -0.1) is 0 Å². The molecule has 2 amide bonds. The van der Waals surface area contributed by atoms with E-state index in [1.165, 1.54) is 0 Å². The van der Waals surface area contributed by atoms with Crippen LogP contribution in [0.25, 0.3) is 0 Å². The Kier molecular flexibility index (Phi) is 5.69. The minimum absolute atomic E-state index is 0.0298. The Hall–Kier alpha value is -3.87. The molecule has 34 heavy (non-hydrogen) atoms. The van der Waals surface area contributed by atoms with Crippen molar-refractivity contribution >= 4 is 23.3 Å². The maximum atomic E-state index is 12.9. The van der Waals surface area contributed by atoms with E-state index in [4.69, 9.17) is 0 Å². The molecule has 1 aromatic heterocycles. The maximum Gasteiger partial charge on any atom is 0.322 e. The summed E-state index contributed by atoms with van der Waals surface area (Å²) in [5.41, 5.74) is 4.47. The number of amides is 2. The molecule has 2 N–H and O–H groups in total. The first-order valence-electron chi connectivity index (χ1n) is 11.6. The van der Waals surface area contributed by atoms with Crippen molar-refractivity contribution in [2.24, 2.45) is 0 Å². The SMILES string of the molecule is Cc1cc(C(=O)c2ccc(N3CCC(N4Cc5ccccc5NC4=O)CC3)nc2)cc(C)c1O. The van der Waals surface area contributed by atoms with Gasteiger partial charge in [0.25, 0.3) is 0 Å². The number of carbonyl (C=O) groups excluding carboxylic acids is 2. The van der Waals surface area contributed by atoms with Gasteiger partial charge in [-0.1, -0.05) is 18.2 Å². The van der Waals surface area contributed by atoms with Gasteiger partial charge in [-0.2, -0.15) is 0 Å². The van der Waals surface area contributed by atoms with Gasteiger partial charge in [0.15, 0.2) is 5.78 Å². The third kappa shape index (κ3) is 4.09. The molecule has 0 unspecified atom stereocenters. The van der Waals surface area contributed by atoms with E-state index < -0.39 is 0 Å². The topological polar surface area (TPSA) is 85.8 Å². The van der Waals surface area contributed by atoms with Crippen molar-refractivity contribution in [3.05, 3.63) is 82.5 Å². The Morgan fingerprint density at radius 3 is 2.41 bits per heavy atom. The van der Waals surface area contributed by atoms with Crippen molar-refractivity contribution in [3.63, 3.8) is 0 Å². The maximum absolute atomic E-state index is 12.9. The summed E-state index contributed by atoms with van der Waals surface area (Å²) in [6.45, 7) is 5.81. The van der Waals surface area contributed by atoms with Gasteiger partial charge in [-0.3, -0.25) is 4.79 Å². The minimum Gasteiger partial charge on any atom is -0.507 e. The zero-order chi connectivity index (χ0) is 23.8. The Morgan fingerprint density at radius 1 is 1.03 bits per heavy atom. The first kappa shape index (κ1) is 21.9. The molecule has 2 aliphatic heterocycles. The molecule has 3 aromatic rings. The lowest BCUT2D eigenvalue weighted by molar-refractivity contribution is 0.103. The number of phenols is 1. The predicted octanol–water partition coefficient (Wildman–Crippen LogP) is 4.65. The van der Waals surface area contributed by atoms with Crippen molar-refractivity contribution in [1.29, 1.82) is 0 Å². The number of anilines is 2. The van der Waals surface area contributed by atoms with E-state index in [1.54, 1.807) is 32.2 Å². The minimum atomic E-state index is -0.111. The van der Waals surface area contributed by atoms with Crippen molar-refractivity contribution in [2.45, 2.75) is 39.3 Å². The first-order chi connectivity index (χ1) is 16.4. The van der Waals surface area contributed by atoms with Crippen LogP contribution in [0.2, 0.25) is 0 Å². The smallest absolute Gasteiger partial charge is 0.322 e. The monoisotopic (exact) mass is 456 g/mol. The molecule has 0 bridgehead atoms. The molecular weight excluding hydrogens is 428 g/mol. The summed E-state index contributed by atoms with van der Waals surface area (Å²) >= 11 is 0. The van der Waals surface area contributed by atoms with Crippen LogP contribution in [0, 0.1) is 13.8 Å². The number of phenolic OH excluding ortho intramolecular Hbond substituents is 1. The number of hydrogen-bond donors (Lipinski definition) is 2. The highest BCUT2D eigenvalue weighted by Gasteiger charge is 2.31. The van der Waals surface area contributed by atoms with Gasteiger partial charge in [0.1, 0.15) is 11.6 Å². The number of pyridine rings is 1. The van der Waals surface area contributed by atoms with Crippen LogP contribution in [-0.4, -0.2) is 45.9 Å². The summed E-state index contributed by atoms with van der Waals surface area (Å²) in [6, 6.07) is 15.2. The molecule has 0 aliphatic carbocycles. The molecule has 0 saturated carbocycles. The van der Waals surface area contributed by atoms with Crippen LogP contribution in [0.4, 0.5) is 16.3 Å². The summed E-state index contributed by atoms with van der Waals surface area (Å²) in [7, 11) is 0. The summed E-state index contributed by atoms with van der Waals surface area (Å²) < 4.78 is 0. The van der Waals surface area contributed by atoms with Gasteiger partial charge in [-0.05, 0) is 73.7 Å². The van der Waals surface area contributed by atoms with Crippen LogP contribution in [0.15, 0.2) is 54.7 Å². The second-order valence-electron chi connectivity index (χ2n) is 9.13. The fourth-order valence-corrected chi connectivity index (χ4v) is 4.89. The lowest BCUT2D eigenvalue weighted by Gasteiger charge is -2.41. The first-order valence-corrected chi connectivity index (χ1v) is 11.6. The Balaban J connectivity index is 1.23. The van der Waals surface area contributed by atoms with Gasteiger partial charge >= 0.3 is 6.03 Å². The molecule has 2 aliphatic rings. The number of nitrogens with zero attached hydrogens (tertiary/aromatic N) is 3. The largest absolute Gasteiger partial charge is 0.507 e. The van der Waals surface area contributed by atoms with Crippen molar-refractivity contribution < 1.29 is 14.7 Å². The summed E-state index contributed by atoms with van der Waals surface area (Å²) in [5, 5.41) is 13.0. The Labute approximate surface area is 199 Å². The number of para-hydroxylation sites is 1. The zero-order valence-corrected chi connectivity index (χ0v) is 19.4. The summed E-state index contributed by atoms with van der Waals surface area (Å²) in [6.07, 6.45) is 3.35. The number of hydrogen-bond acceptors (Lipinski definition) is 5. The molecule has 3 heterocycles. The third-order valence-electron chi connectivity index (χ3n) is 6.85. The molecule has 5 rings (SSSR count). The van der Waals surface area contributed by atoms with E-state index in [9.17, 15) is 14.7 Å². The average Bonchev–Trinajstić information content (AvgIpc) is 2.86. The van der Waals surface area contributed by atoms with Gasteiger partial charge in [0.05, 0.1) is 0 Å². The molecule has 0 spiro atoms. The van der Waals surface area contributed by atoms with Gasteiger partial charge < -0.3 is 20.2 Å². The normalized spacial score (nSPS) is 16.2. The number of ketones is 1. The molecule has 174 valence electrons. The number of aryl methyl sites for hydroxylation is 2. The standard InChI is InChI=1S/C27H28N4O3/c1-17-13-21(14-18(2)25(17)32)26(33)19-7-8-24(28-15-19)30-11-9-22(10-12-30)31-16-20-5-3-4-6-23(20)29-27(31)34/h3-8,13-15,22,32H,9-12,16H2,1-2H3,(H,29,34). The fraction of sp³-hybridized carbons (Fsp3) is 0.296.